The Morgan fingerprint density at radius 1 is 0.897 bits per heavy atom. The van der Waals surface area contributed by atoms with Crippen LogP contribution in [0.3, 0.4) is 0 Å². The molecule has 8 heteroatoms. The predicted octanol–water partition coefficient (Wildman–Crippen LogP) is 5.33. The average Bonchev–Trinajstić information content (AvgIpc) is 2.97. The molecule has 0 saturated carbocycles. The van der Waals surface area contributed by atoms with Crippen molar-refractivity contribution < 1.29 is 28.5 Å². The summed E-state index contributed by atoms with van der Waals surface area (Å²) in [6, 6.07) is 23.2. The first-order valence-electron chi connectivity index (χ1n) is 12.1. The van der Waals surface area contributed by atoms with Gasteiger partial charge in [-0.1, -0.05) is 42.5 Å². The summed E-state index contributed by atoms with van der Waals surface area (Å²) in [5.41, 5.74) is 4.38. The highest BCUT2D eigenvalue weighted by atomic mass is 16.5. The molecule has 0 radical (unpaired) electrons. The number of nitrogens with zero attached hydrogens (tertiary/aromatic N) is 1. The maximum absolute atomic E-state index is 12.8. The van der Waals surface area contributed by atoms with Gasteiger partial charge in [0.1, 0.15) is 11.5 Å². The number of hydrazone groups is 1. The first kappa shape index (κ1) is 26.9. The van der Waals surface area contributed by atoms with Crippen LogP contribution in [0.15, 0.2) is 96.6 Å². The van der Waals surface area contributed by atoms with E-state index in [1.54, 1.807) is 49.6 Å². The summed E-state index contributed by atoms with van der Waals surface area (Å²) in [4.78, 5) is 25.2. The van der Waals surface area contributed by atoms with Crippen molar-refractivity contribution in [2.45, 2.75) is 6.42 Å². The van der Waals surface area contributed by atoms with Gasteiger partial charge in [0.15, 0.2) is 18.1 Å². The van der Waals surface area contributed by atoms with E-state index in [2.05, 4.69) is 17.1 Å². The van der Waals surface area contributed by atoms with Crippen molar-refractivity contribution in [1.29, 1.82) is 0 Å². The van der Waals surface area contributed by atoms with E-state index < -0.39 is 11.9 Å². The Hall–Kier alpha value is -5.11. The van der Waals surface area contributed by atoms with Gasteiger partial charge in [-0.15, -0.1) is 6.58 Å². The molecule has 0 fully saturated rings. The fourth-order valence-corrected chi connectivity index (χ4v) is 3.85. The van der Waals surface area contributed by atoms with Crippen LogP contribution in [-0.2, 0) is 11.2 Å². The smallest absolute Gasteiger partial charge is 0.343 e. The number of amides is 1. The van der Waals surface area contributed by atoms with Gasteiger partial charge < -0.3 is 18.9 Å². The van der Waals surface area contributed by atoms with Crippen LogP contribution in [0.1, 0.15) is 21.5 Å². The maximum Gasteiger partial charge on any atom is 0.343 e. The number of fused-ring (bicyclic) bond motifs is 1. The molecule has 198 valence electrons. The molecule has 0 unspecified atom stereocenters. The average molecular weight is 525 g/mol. The van der Waals surface area contributed by atoms with Crippen molar-refractivity contribution in [1.82, 2.24) is 5.43 Å². The van der Waals surface area contributed by atoms with Crippen molar-refractivity contribution in [3.63, 3.8) is 0 Å². The minimum Gasteiger partial charge on any atom is -0.497 e. The zero-order chi connectivity index (χ0) is 27.6. The molecule has 0 spiro atoms. The third kappa shape index (κ3) is 6.81. The Kier molecular flexibility index (Phi) is 8.92. The van der Waals surface area contributed by atoms with Crippen molar-refractivity contribution in [2.75, 3.05) is 20.8 Å². The number of methoxy groups -OCH3 is 2. The number of benzene rings is 4. The number of ether oxygens (including phenoxy) is 4. The van der Waals surface area contributed by atoms with Gasteiger partial charge in [0.2, 0.25) is 0 Å². The van der Waals surface area contributed by atoms with Crippen LogP contribution in [-0.4, -0.2) is 38.9 Å². The van der Waals surface area contributed by atoms with Crippen LogP contribution in [0.25, 0.3) is 10.8 Å². The van der Waals surface area contributed by atoms with E-state index in [0.717, 1.165) is 16.3 Å². The molecule has 1 amide bonds. The highest BCUT2D eigenvalue weighted by Crippen LogP contribution is 2.29. The lowest BCUT2D eigenvalue weighted by Crippen LogP contribution is -2.24. The standard InChI is InChI=1S/C31H28N2O6/c1-4-7-21-10-16-28(29(18-21)37-3)38-20-30(34)33-32-19-26-25-9-6-5-8-22(25)13-17-27(26)39-31(35)23-11-14-24(36-2)15-12-23/h4-6,8-19H,1,7,20H2,2-3H3,(H,33,34). The molecule has 1 N–H and O–H groups in total. The Balaban J connectivity index is 1.47. The highest BCUT2D eigenvalue weighted by Gasteiger charge is 2.14. The second kappa shape index (κ2) is 12.9. The fraction of sp³-hybridized carbons (Fsp3) is 0.129. The monoisotopic (exact) mass is 524 g/mol. The third-order valence-corrected chi connectivity index (χ3v) is 5.81. The van der Waals surface area contributed by atoms with E-state index in [9.17, 15) is 9.59 Å². The molecule has 39 heavy (non-hydrogen) atoms. The van der Waals surface area contributed by atoms with Gasteiger partial charge in [-0.05, 0) is 65.2 Å². The SMILES string of the molecule is C=CCc1ccc(OCC(=O)NN=Cc2c(OC(=O)c3ccc(OC)cc3)ccc3ccccc23)c(OC)c1. The van der Waals surface area contributed by atoms with E-state index in [1.807, 2.05) is 42.5 Å². The lowest BCUT2D eigenvalue weighted by Gasteiger charge is -2.12. The number of carbonyl (C=O) groups is 2. The number of rotatable bonds is 11. The molecule has 0 atom stereocenters. The molecule has 0 aliphatic heterocycles. The maximum atomic E-state index is 12.8. The molecule has 0 aromatic heterocycles. The number of hydrogen-bond acceptors (Lipinski definition) is 7. The molecule has 4 aromatic carbocycles. The number of allylic oxidation sites excluding steroid dienone is 1. The highest BCUT2D eigenvalue weighted by molar-refractivity contribution is 6.04. The van der Waals surface area contributed by atoms with Gasteiger partial charge in [-0.25, -0.2) is 10.2 Å². The first-order valence-corrected chi connectivity index (χ1v) is 12.1. The Bertz CT molecular complexity index is 1510. The predicted molar refractivity (Wildman–Crippen MR) is 150 cm³/mol. The summed E-state index contributed by atoms with van der Waals surface area (Å²) in [7, 11) is 3.09. The molecule has 0 aliphatic carbocycles. The summed E-state index contributed by atoms with van der Waals surface area (Å²) in [6.07, 6.45) is 3.93. The summed E-state index contributed by atoms with van der Waals surface area (Å²) in [5, 5.41) is 5.82. The third-order valence-electron chi connectivity index (χ3n) is 5.81. The van der Waals surface area contributed by atoms with Crippen molar-refractivity contribution >= 4 is 28.9 Å². The Morgan fingerprint density at radius 3 is 2.41 bits per heavy atom. The molecule has 0 heterocycles. The van der Waals surface area contributed by atoms with E-state index in [-0.39, 0.29) is 6.61 Å². The molecule has 0 bridgehead atoms. The van der Waals surface area contributed by atoms with E-state index in [1.165, 1.54) is 13.3 Å². The van der Waals surface area contributed by atoms with Crippen molar-refractivity contribution in [2.24, 2.45) is 5.10 Å². The van der Waals surface area contributed by atoms with Crippen molar-refractivity contribution in [3.05, 3.63) is 108 Å². The number of esters is 1. The second-order valence-electron chi connectivity index (χ2n) is 8.38. The minimum absolute atomic E-state index is 0.274. The lowest BCUT2D eigenvalue weighted by molar-refractivity contribution is -0.123. The van der Waals surface area contributed by atoms with Crippen LogP contribution in [0, 0.1) is 0 Å². The van der Waals surface area contributed by atoms with Gasteiger partial charge in [0, 0.05) is 5.56 Å². The van der Waals surface area contributed by atoms with Crippen LogP contribution in [0.4, 0.5) is 0 Å². The van der Waals surface area contributed by atoms with Gasteiger partial charge in [0.25, 0.3) is 5.91 Å². The summed E-state index contributed by atoms with van der Waals surface area (Å²) in [6.45, 7) is 3.46. The quantitative estimate of drug-likeness (QED) is 0.0937. The number of carbonyl (C=O) groups excluding carboxylic acids is 2. The van der Waals surface area contributed by atoms with E-state index in [0.29, 0.717) is 40.5 Å². The normalized spacial score (nSPS) is 10.7. The Morgan fingerprint density at radius 2 is 1.67 bits per heavy atom. The van der Waals surface area contributed by atoms with Gasteiger partial charge in [0.05, 0.1) is 26.0 Å². The summed E-state index contributed by atoms with van der Waals surface area (Å²) in [5.74, 6) is 0.880. The molecule has 4 aromatic rings. The summed E-state index contributed by atoms with van der Waals surface area (Å²) >= 11 is 0. The zero-order valence-electron chi connectivity index (χ0n) is 21.7. The van der Waals surface area contributed by atoms with Crippen LogP contribution < -0.4 is 24.4 Å². The van der Waals surface area contributed by atoms with Crippen LogP contribution >= 0.6 is 0 Å². The molecular weight excluding hydrogens is 496 g/mol. The Labute approximate surface area is 226 Å². The minimum atomic E-state index is -0.534. The van der Waals surface area contributed by atoms with Gasteiger partial charge in [-0.2, -0.15) is 5.10 Å². The van der Waals surface area contributed by atoms with Gasteiger partial charge >= 0.3 is 5.97 Å². The fourth-order valence-electron chi connectivity index (χ4n) is 3.85. The lowest BCUT2D eigenvalue weighted by atomic mass is 10.0. The van der Waals surface area contributed by atoms with Crippen LogP contribution in [0.2, 0.25) is 0 Å². The largest absolute Gasteiger partial charge is 0.497 e. The summed E-state index contributed by atoms with van der Waals surface area (Å²) < 4.78 is 21.8. The molecular formula is C31H28N2O6. The van der Waals surface area contributed by atoms with Crippen LogP contribution in [0.5, 0.6) is 23.0 Å². The second-order valence-corrected chi connectivity index (χ2v) is 8.38. The first-order chi connectivity index (χ1) is 19.0. The van der Waals surface area contributed by atoms with E-state index in [4.69, 9.17) is 18.9 Å². The van der Waals surface area contributed by atoms with E-state index >= 15 is 0 Å². The number of nitrogens with one attached hydrogen (secondary N) is 1. The van der Waals surface area contributed by atoms with Crippen molar-refractivity contribution in [3.8, 4) is 23.0 Å². The van der Waals surface area contributed by atoms with Gasteiger partial charge in [-0.3, -0.25) is 4.79 Å². The molecule has 0 aliphatic rings. The zero-order valence-corrected chi connectivity index (χ0v) is 21.7. The topological polar surface area (TPSA) is 95.5 Å². The molecule has 4 rings (SSSR count). The molecule has 8 nitrogen and oxygen atoms in total. The number of hydrogen-bond donors (Lipinski definition) is 1. The molecule has 0 saturated heterocycles.